The smallest absolute Gasteiger partial charge is 0.223 e. The molecule has 17 heavy (non-hydrogen) atoms. The molecule has 1 aliphatic carbocycles. The van der Waals surface area contributed by atoms with Crippen molar-refractivity contribution < 1.29 is 4.39 Å². The zero-order valence-electron chi connectivity index (χ0n) is 8.42. The highest BCUT2D eigenvalue weighted by Crippen LogP contribution is 2.37. The Kier molecular flexibility index (Phi) is 2.67. The van der Waals surface area contributed by atoms with E-state index in [0.29, 0.717) is 11.2 Å². The minimum atomic E-state index is -0.537. The first-order valence-electron chi connectivity index (χ1n) is 4.88. The predicted molar refractivity (Wildman–Crippen MR) is 57.2 cm³/mol. The second-order valence-electron chi connectivity index (χ2n) is 3.53. The van der Waals surface area contributed by atoms with Crippen LogP contribution in [0.1, 0.15) is 18.9 Å². The maximum Gasteiger partial charge on any atom is 0.223 e. The van der Waals surface area contributed by atoms with Crippen molar-refractivity contribution in [3.05, 3.63) is 17.3 Å². The van der Waals surface area contributed by atoms with E-state index < -0.39 is 5.82 Å². The summed E-state index contributed by atoms with van der Waals surface area (Å²) < 4.78 is 15.1. The van der Waals surface area contributed by atoms with Crippen molar-refractivity contribution in [3.63, 3.8) is 0 Å². The maximum absolute atomic E-state index is 13.4. The molecule has 0 N–H and O–H groups in total. The Bertz CT molecular complexity index is 557. The number of nitrogens with zero attached hydrogens (tertiary/aromatic N) is 6. The van der Waals surface area contributed by atoms with E-state index >= 15 is 0 Å². The van der Waals surface area contributed by atoms with Crippen LogP contribution >= 0.6 is 23.4 Å². The Labute approximate surface area is 105 Å². The SMILES string of the molecule is Fc1cnc(Cl)nc1Sc1nnnn1C1CC1. The average Bonchev–Trinajstić information content (AvgIpc) is 3.05. The zero-order chi connectivity index (χ0) is 11.8. The molecular formula is C8H6ClFN6S. The number of hydrogen-bond donors (Lipinski definition) is 0. The van der Waals surface area contributed by atoms with Gasteiger partial charge in [-0.3, -0.25) is 0 Å². The quantitative estimate of drug-likeness (QED) is 0.626. The predicted octanol–water partition coefficient (Wildman–Crippen LogP) is 1.74. The van der Waals surface area contributed by atoms with E-state index in [1.807, 2.05) is 0 Å². The Balaban J connectivity index is 1.90. The van der Waals surface area contributed by atoms with Crippen molar-refractivity contribution in [2.45, 2.75) is 29.1 Å². The summed E-state index contributed by atoms with van der Waals surface area (Å²) in [5, 5.41) is 11.9. The van der Waals surface area contributed by atoms with Crippen LogP contribution in [0.25, 0.3) is 0 Å². The van der Waals surface area contributed by atoms with Crippen LogP contribution in [0.3, 0.4) is 0 Å². The highest BCUT2D eigenvalue weighted by Gasteiger charge is 2.28. The normalized spacial score (nSPS) is 15.2. The first kappa shape index (κ1) is 10.8. The van der Waals surface area contributed by atoms with E-state index in [1.54, 1.807) is 4.68 Å². The fraction of sp³-hybridized carbons (Fsp3) is 0.375. The first-order chi connectivity index (χ1) is 8.24. The van der Waals surface area contributed by atoms with E-state index in [-0.39, 0.29) is 10.3 Å². The molecule has 0 aliphatic heterocycles. The topological polar surface area (TPSA) is 69.4 Å². The van der Waals surface area contributed by atoms with E-state index in [9.17, 15) is 4.39 Å². The minimum absolute atomic E-state index is 0.000605. The van der Waals surface area contributed by atoms with Gasteiger partial charge in [0.1, 0.15) is 5.03 Å². The van der Waals surface area contributed by atoms with Gasteiger partial charge in [-0.25, -0.2) is 19.0 Å². The second-order valence-corrected chi connectivity index (χ2v) is 4.83. The molecule has 1 saturated carbocycles. The fourth-order valence-electron chi connectivity index (χ4n) is 1.29. The van der Waals surface area contributed by atoms with Gasteiger partial charge in [0.05, 0.1) is 12.2 Å². The molecule has 0 amide bonds. The summed E-state index contributed by atoms with van der Waals surface area (Å²) in [4.78, 5) is 7.35. The molecular weight excluding hydrogens is 267 g/mol. The Hall–Kier alpha value is -1.28. The van der Waals surface area contributed by atoms with Gasteiger partial charge < -0.3 is 0 Å². The lowest BCUT2D eigenvalue weighted by molar-refractivity contribution is 0.559. The van der Waals surface area contributed by atoms with Gasteiger partial charge in [-0.2, -0.15) is 0 Å². The van der Waals surface area contributed by atoms with E-state index in [2.05, 4.69) is 25.5 Å². The molecule has 3 rings (SSSR count). The molecule has 0 unspecified atom stereocenters. The molecule has 88 valence electrons. The van der Waals surface area contributed by atoms with Gasteiger partial charge in [0.15, 0.2) is 5.82 Å². The summed E-state index contributed by atoms with van der Waals surface area (Å²) in [5.74, 6) is -0.537. The zero-order valence-corrected chi connectivity index (χ0v) is 9.99. The van der Waals surface area contributed by atoms with Crippen LogP contribution < -0.4 is 0 Å². The molecule has 2 aromatic rings. The molecule has 1 fully saturated rings. The number of tetrazole rings is 1. The molecule has 0 radical (unpaired) electrons. The average molecular weight is 273 g/mol. The second kappa shape index (κ2) is 4.19. The summed E-state index contributed by atoms with van der Waals surface area (Å²) in [7, 11) is 0. The highest BCUT2D eigenvalue weighted by molar-refractivity contribution is 7.99. The Morgan fingerprint density at radius 3 is 3.06 bits per heavy atom. The molecule has 6 nitrogen and oxygen atoms in total. The third kappa shape index (κ3) is 2.22. The minimum Gasteiger partial charge on any atom is -0.223 e. The molecule has 0 atom stereocenters. The number of hydrogen-bond acceptors (Lipinski definition) is 6. The van der Waals surface area contributed by atoms with Crippen LogP contribution in [0.5, 0.6) is 0 Å². The van der Waals surface area contributed by atoms with Crippen LogP contribution in [0.4, 0.5) is 4.39 Å². The van der Waals surface area contributed by atoms with Gasteiger partial charge in [-0.15, -0.1) is 5.10 Å². The summed E-state index contributed by atoms with van der Waals surface area (Å²) in [6.45, 7) is 0. The standard InChI is InChI=1S/C8H6ClFN6S/c9-7-11-3-5(10)6(12-7)17-8-13-14-15-16(8)4-1-2-4/h3-4H,1-2H2. The molecule has 2 aromatic heterocycles. The largest absolute Gasteiger partial charge is 0.223 e. The van der Waals surface area contributed by atoms with E-state index in [1.165, 1.54) is 0 Å². The monoisotopic (exact) mass is 272 g/mol. The lowest BCUT2D eigenvalue weighted by atomic mass is 10.6. The van der Waals surface area contributed by atoms with Crippen LogP contribution in [-0.2, 0) is 0 Å². The van der Waals surface area contributed by atoms with Crippen molar-refractivity contribution in [1.82, 2.24) is 30.2 Å². The fourth-order valence-corrected chi connectivity index (χ4v) is 2.29. The van der Waals surface area contributed by atoms with Gasteiger partial charge in [0.2, 0.25) is 10.4 Å². The first-order valence-corrected chi connectivity index (χ1v) is 6.07. The van der Waals surface area contributed by atoms with E-state index in [0.717, 1.165) is 30.8 Å². The Morgan fingerprint density at radius 1 is 1.47 bits per heavy atom. The van der Waals surface area contributed by atoms with Crippen LogP contribution in [0.2, 0.25) is 5.28 Å². The summed E-state index contributed by atoms with van der Waals surface area (Å²) >= 11 is 6.66. The number of halogens is 2. The lowest BCUT2D eigenvalue weighted by Crippen LogP contribution is -1.99. The van der Waals surface area contributed by atoms with Crippen LogP contribution in [-0.4, -0.2) is 30.2 Å². The van der Waals surface area contributed by atoms with Crippen molar-refractivity contribution >= 4 is 23.4 Å². The van der Waals surface area contributed by atoms with Gasteiger partial charge in [0.25, 0.3) is 0 Å². The highest BCUT2D eigenvalue weighted by atomic mass is 35.5. The Morgan fingerprint density at radius 2 is 2.29 bits per heavy atom. The van der Waals surface area contributed by atoms with Crippen molar-refractivity contribution in [3.8, 4) is 0 Å². The lowest BCUT2D eigenvalue weighted by Gasteiger charge is -2.02. The van der Waals surface area contributed by atoms with Gasteiger partial charge >= 0.3 is 0 Å². The third-order valence-electron chi connectivity index (χ3n) is 2.23. The van der Waals surface area contributed by atoms with Crippen molar-refractivity contribution in [2.24, 2.45) is 0 Å². The van der Waals surface area contributed by atoms with Crippen LogP contribution in [0, 0.1) is 5.82 Å². The maximum atomic E-state index is 13.4. The number of aromatic nitrogens is 6. The molecule has 9 heteroatoms. The van der Waals surface area contributed by atoms with Crippen molar-refractivity contribution in [1.29, 1.82) is 0 Å². The van der Waals surface area contributed by atoms with Gasteiger partial charge in [0, 0.05) is 0 Å². The van der Waals surface area contributed by atoms with Gasteiger partial charge in [-0.1, -0.05) is 0 Å². The third-order valence-corrected chi connectivity index (χ3v) is 3.34. The molecule has 1 aliphatic rings. The summed E-state index contributed by atoms with van der Waals surface area (Å²) in [5.41, 5.74) is 0. The molecule has 0 spiro atoms. The van der Waals surface area contributed by atoms with Gasteiger partial charge in [-0.05, 0) is 46.6 Å². The summed E-state index contributed by atoms with van der Waals surface area (Å²) in [6, 6.07) is 0.327. The molecule has 2 heterocycles. The molecule has 0 saturated heterocycles. The van der Waals surface area contributed by atoms with Crippen molar-refractivity contribution in [2.75, 3.05) is 0 Å². The molecule has 0 bridgehead atoms. The molecule has 0 aromatic carbocycles. The number of rotatable bonds is 3. The van der Waals surface area contributed by atoms with E-state index in [4.69, 9.17) is 11.6 Å². The van der Waals surface area contributed by atoms with Crippen LogP contribution in [0.15, 0.2) is 16.4 Å². The summed E-state index contributed by atoms with van der Waals surface area (Å²) in [6.07, 6.45) is 3.13.